The zero-order valence-corrected chi connectivity index (χ0v) is 12.4. The maximum Gasteiger partial charge on any atom is 0.269 e. The molecule has 1 saturated carbocycles. The summed E-state index contributed by atoms with van der Waals surface area (Å²) in [7, 11) is 0. The van der Waals surface area contributed by atoms with Crippen LogP contribution in [0, 0.1) is 16.0 Å². The molecule has 0 radical (unpaired) electrons. The smallest absolute Gasteiger partial charge is 0.269 e. The van der Waals surface area contributed by atoms with E-state index in [9.17, 15) is 14.9 Å². The number of amides is 1. The Bertz CT molecular complexity index is 536. The molecule has 0 unspecified atom stereocenters. The molecule has 1 aromatic carbocycles. The highest BCUT2D eigenvalue weighted by molar-refractivity contribution is 5.91. The SMILES string of the molecule is O=C(/C=C/c1ccc([N+](=O)[O-])cc1)NCCCOCC1CC1. The number of nitro groups is 1. The zero-order valence-electron chi connectivity index (χ0n) is 12.4. The van der Waals surface area contributed by atoms with Gasteiger partial charge in [0, 0.05) is 38.0 Å². The van der Waals surface area contributed by atoms with Gasteiger partial charge in [-0.2, -0.15) is 0 Å². The molecule has 1 amide bonds. The van der Waals surface area contributed by atoms with E-state index >= 15 is 0 Å². The number of carbonyl (C=O) groups excluding carboxylic acids is 1. The Balaban J connectivity index is 1.61. The normalized spacial score (nSPS) is 14.2. The number of ether oxygens (including phenoxy) is 1. The summed E-state index contributed by atoms with van der Waals surface area (Å²) in [4.78, 5) is 21.7. The van der Waals surface area contributed by atoms with Crippen molar-refractivity contribution < 1.29 is 14.5 Å². The summed E-state index contributed by atoms with van der Waals surface area (Å²) < 4.78 is 5.47. The Morgan fingerprint density at radius 2 is 2.09 bits per heavy atom. The lowest BCUT2D eigenvalue weighted by molar-refractivity contribution is -0.384. The van der Waals surface area contributed by atoms with Gasteiger partial charge in [0.1, 0.15) is 0 Å². The summed E-state index contributed by atoms with van der Waals surface area (Å²) >= 11 is 0. The number of hydrogen-bond donors (Lipinski definition) is 1. The number of nitrogens with zero attached hydrogens (tertiary/aromatic N) is 1. The van der Waals surface area contributed by atoms with Crippen LogP contribution in [-0.4, -0.2) is 30.6 Å². The largest absolute Gasteiger partial charge is 0.381 e. The molecule has 0 spiro atoms. The number of hydrogen-bond acceptors (Lipinski definition) is 4. The third-order valence-electron chi connectivity index (χ3n) is 3.35. The van der Waals surface area contributed by atoms with Crippen molar-refractivity contribution in [1.29, 1.82) is 0 Å². The van der Waals surface area contributed by atoms with Gasteiger partial charge in [-0.25, -0.2) is 0 Å². The van der Waals surface area contributed by atoms with Crippen molar-refractivity contribution in [1.82, 2.24) is 5.32 Å². The third kappa shape index (κ3) is 6.05. The fourth-order valence-corrected chi connectivity index (χ4v) is 1.86. The molecule has 0 heterocycles. The van der Waals surface area contributed by atoms with Crippen molar-refractivity contribution >= 4 is 17.7 Å². The van der Waals surface area contributed by atoms with Crippen LogP contribution >= 0.6 is 0 Å². The Morgan fingerprint density at radius 1 is 1.36 bits per heavy atom. The van der Waals surface area contributed by atoms with Gasteiger partial charge in [-0.15, -0.1) is 0 Å². The van der Waals surface area contributed by atoms with Crippen LogP contribution in [-0.2, 0) is 9.53 Å². The standard InChI is InChI=1S/C16H20N2O4/c19-16(17-10-1-11-22-12-14-2-3-14)9-6-13-4-7-15(8-5-13)18(20)21/h4-9,14H,1-3,10-12H2,(H,17,19)/b9-6+. The fourth-order valence-electron chi connectivity index (χ4n) is 1.86. The number of nitro benzene ring substituents is 1. The molecule has 0 bridgehead atoms. The van der Waals surface area contributed by atoms with Gasteiger partial charge >= 0.3 is 0 Å². The molecule has 1 aromatic rings. The Morgan fingerprint density at radius 3 is 2.73 bits per heavy atom. The first-order valence-electron chi connectivity index (χ1n) is 7.43. The molecule has 1 N–H and O–H groups in total. The Labute approximate surface area is 129 Å². The first-order chi connectivity index (χ1) is 10.6. The van der Waals surface area contributed by atoms with Crippen LogP contribution in [0.5, 0.6) is 0 Å². The van der Waals surface area contributed by atoms with Crippen molar-refractivity contribution in [2.24, 2.45) is 5.92 Å². The molecule has 118 valence electrons. The maximum atomic E-state index is 11.6. The van der Waals surface area contributed by atoms with Gasteiger partial charge in [0.05, 0.1) is 4.92 Å². The molecule has 0 aliphatic heterocycles. The lowest BCUT2D eigenvalue weighted by atomic mass is 10.2. The van der Waals surface area contributed by atoms with Crippen LogP contribution in [0.25, 0.3) is 6.08 Å². The van der Waals surface area contributed by atoms with Crippen LogP contribution in [0.3, 0.4) is 0 Å². The van der Waals surface area contributed by atoms with Crippen LogP contribution in [0.15, 0.2) is 30.3 Å². The van der Waals surface area contributed by atoms with E-state index in [2.05, 4.69) is 5.32 Å². The Kier molecular flexibility index (Phi) is 6.09. The van der Waals surface area contributed by atoms with Crippen LogP contribution in [0.1, 0.15) is 24.8 Å². The maximum absolute atomic E-state index is 11.6. The van der Waals surface area contributed by atoms with Gasteiger partial charge in [-0.05, 0) is 49.0 Å². The van der Waals surface area contributed by atoms with Gasteiger partial charge in [-0.1, -0.05) is 0 Å². The highest BCUT2D eigenvalue weighted by Crippen LogP contribution is 2.28. The second kappa shape index (κ2) is 8.29. The lowest BCUT2D eigenvalue weighted by Crippen LogP contribution is -2.23. The molecule has 1 fully saturated rings. The van der Waals surface area contributed by atoms with Gasteiger partial charge in [0.15, 0.2) is 0 Å². The van der Waals surface area contributed by atoms with Gasteiger partial charge < -0.3 is 10.1 Å². The van der Waals surface area contributed by atoms with Crippen LogP contribution in [0.4, 0.5) is 5.69 Å². The summed E-state index contributed by atoms with van der Waals surface area (Å²) in [6.45, 7) is 2.09. The van der Waals surface area contributed by atoms with Gasteiger partial charge in [0.25, 0.3) is 5.69 Å². The van der Waals surface area contributed by atoms with Crippen LogP contribution in [0.2, 0.25) is 0 Å². The summed E-state index contributed by atoms with van der Waals surface area (Å²) in [5.41, 5.74) is 0.779. The second-order valence-corrected chi connectivity index (χ2v) is 5.34. The van der Waals surface area contributed by atoms with E-state index in [1.165, 1.54) is 31.1 Å². The number of benzene rings is 1. The van der Waals surface area contributed by atoms with E-state index in [4.69, 9.17) is 4.74 Å². The first-order valence-corrected chi connectivity index (χ1v) is 7.43. The number of nitrogens with one attached hydrogen (secondary N) is 1. The minimum absolute atomic E-state index is 0.0350. The monoisotopic (exact) mass is 304 g/mol. The van der Waals surface area contributed by atoms with E-state index in [0.717, 1.165) is 24.5 Å². The molecule has 0 aromatic heterocycles. The van der Waals surface area contributed by atoms with Crippen molar-refractivity contribution in [3.8, 4) is 0 Å². The topological polar surface area (TPSA) is 81.5 Å². The number of rotatable bonds is 9. The summed E-state index contributed by atoms with van der Waals surface area (Å²) in [5, 5.41) is 13.3. The minimum atomic E-state index is -0.453. The van der Waals surface area contributed by atoms with Gasteiger partial charge in [0.2, 0.25) is 5.91 Å². The Hall–Kier alpha value is -2.21. The van der Waals surface area contributed by atoms with Crippen LogP contribution < -0.4 is 5.32 Å². The second-order valence-electron chi connectivity index (χ2n) is 5.34. The van der Waals surface area contributed by atoms with E-state index in [-0.39, 0.29) is 11.6 Å². The zero-order chi connectivity index (χ0) is 15.8. The van der Waals surface area contributed by atoms with Crippen molar-refractivity contribution in [3.63, 3.8) is 0 Å². The fraction of sp³-hybridized carbons (Fsp3) is 0.438. The number of carbonyl (C=O) groups is 1. The van der Waals surface area contributed by atoms with E-state index in [1.807, 2.05) is 0 Å². The molecular weight excluding hydrogens is 284 g/mol. The molecule has 1 aliphatic rings. The van der Waals surface area contributed by atoms with Crippen molar-refractivity contribution in [2.45, 2.75) is 19.3 Å². The summed E-state index contributed by atoms with van der Waals surface area (Å²) in [5.74, 6) is 0.583. The van der Waals surface area contributed by atoms with Gasteiger partial charge in [-0.3, -0.25) is 14.9 Å². The molecule has 0 atom stereocenters. The summed E-state index contributed by atoms with van der Waals surface area (Å²) in [6, 6.07) is 6.03. The average Bonchev–Trinajstić information content (AvgIpc) is 3.33. The molecule has 6 heteroatoms. The third-order valence-corrected chi connectivity index (χ3v) is 3.35. The van der Waals surface area contributed by atoms with Crippen molar-refractivity contribution in [3.05, 3.63) is 46.0 Å². The summed E-state index contributed by atoms with van der Waals surface area (Å²) in [6.07, 6.45) is 6.41. The number of non-ortho nitro benzene ring substituents is 1. The van der Waals surface area contributed by atoms with E-state index in [0.29, 0.717) is 13.2 Å². The lowest BCUT2D eigenvalue weighted by Gasteiger charge is -2.03. The quantitative estimate of drug-likeness (QED) is 0.329. The average molecular weight is 304 g/mol. The van der Waals surface area contributed by atoms with E-state index < -0.39 is 4.92 Å². The highest BCUT2D eigenvalue weighted by atomic mass is 16.6. The predicted octanol–water partition coefficient (Wildman–Crippen LogP) is 2.54. The highest BCUT2D eigenvalue weighted by Gasteiger charge is 2.20. The first kappa shape index (κ1) is 16.2. The van der Waals surface area contributed by atoms with Crippen molar-refractivity contribution in [2.75, 3.05) is 19.8 Å². The molecular formula is C16H20N2O4. The molecule has 1 aliphatic carbocycles. The minimum Gasteiger partial charge on any atom is -0.381 e. The molecule has 22 heavy (non-hydrogen) atoms. The molecule has 0 saturated heterocycles. The molecule has 2 rings (SSSR count). The van der Waals surface area contributed by atoms with E-state index in [1.54, 1.807) is 18.2 Å². The molecule has 6 nitrogen and oxygen atoms in total. The predicted molar refractivity (Wildman–Crippen MR) is 83.3 cm³/mol.